The lowest BCUT2D eigenvalue weighted by molar-refractivity contribution is -0.122. The normalized spacial score (nSPS) is 26.0. The number of rotatable bonds is 3. The van der Waals surface area contributed by atoms with Gasteiger partial charge in [-0.3, -0.25) is 9.59 Å². The molecule has 4 unspecified atom stereocenters. The van der Waals surface area contributed by atoms with Crippen molar-refractivity contribution in [3.63, 3.8) is 0 Å². The van der Waals surface area contributed by atoms with Crippen molar-refractivity contribution >= 4 is 17.5 Å². The van der Waals surface area contributed by atoms with Crippen molar-refractivity contribution < 1.29 is 9.59 Å². The fraction of sp³-hybridized carbons (Fsp3) is 0.259. The van der Waals surface area contributed by atoms with Crippen LogP contribution in [0, 0.1) is 18.8 Å². The van der Waals surface area contributed by atoms with Gasteiger partial charge in [0.25, 0.3) is 0 Å². The molecule has 0 aromatic heterocycles. The molecule has 2 aliphatic rings. The monoisotopic (exact) mass is 395 g/mol. The minimum absolute atomic E-state index is 0.0474. The number of imide groups is 1. The first-order valence-electron chi connectivity index (χ1n) is 10.7. The van der Waals surface area contributed by atoms with Gasteiger partial charge in [-0.25, -0.2) is 4.90 Å². The molecule has 2 fully saturated rings. The Balaban J connectivity index is 1.62. The highest BCUT2D eigenvalue weighted by Crippen LogP contribution is 2.53. The first-order chi connectivity index (χ1) is 14.7. The van der Waals surface area contributed by atoms with Gasteiger partial charge in [0.1, 0.15) is 0 Å². The molecule has 2 amide bonds. The fourth-order valence-corrected chi connectivity index (χ4v) is 5.48. The second-order valence-corrected chi connectivity index (χ2v) is 8.46. The number of amides is 2. The van der Waals surface area contributed by atoms with Crippen LogP contribution in [-0.4, -0.2) is 11.8 Å². The average Bonchev–Trinajstić information content (AvgIpc) is 3.06. The molecular formula is C27H25NO2. The zero-order chi connectivity index (χ0) is 20.7. The molecule has 1 saturated carbocycles. The molecule has 1 saturated heterocycles. The largest absolute Gasteiger partial charge is 0.274 e. The van der Waals surface area contributed by atoms with E-state index in [4.69, 9.17) is 0 Å². The van der Waals surface area contributed by atoms with Crippen molar-refractivity contribution in [2.45, 2.75) is 31.6 Å². The third-order valence-electron chi connectivity index (χ3n) is 6.87. The summed E-state index contributed by atoms with van der Waals surface area (Å²) in [5.41, 5.74) is 3.99. The van der Waals surface area contributed by atoms with Crippen molar-refractivity contribution in [2.24, 2.45) is 11.8 Å². The van der Waals surface area contributed by atoms with Gasteiger partial charge < -0.3 is 0 Å². The maximum absolute atomic E-state index is 13.8. The van der Waals surface area contributed by atoms with Crippen molar-refractivity contribution in [3.05, 3.63) is 102 Å². The summed E-state index contributed by atoms with van der Waals surface area (Å²) in [5, 5.41) is 0. The Morgan fingerprint density at radius 1 is 0.633 bits per heavy atom. The van der Waals surface area contributed by atoms with E-state index < -0.39 is 0 Å². The van der Waals surface area contributed by atoms with Gasteiger partial charge in [-0.15, -0.1) is 0 Å². The SMILES string of the molecule is Cc1ccccc1N1C(=O)C2C(c3ccccc3)CCC(c3ccccc3)C2C1=O. The Hall–Kier alpha value is -3.20. The summed E-state index contributed by atoms with van der Waals surface area (Å²) in [5.74, 6) is -0.595. The number of para-hydroxylation sites is 1. The number of aryl methyl sites for hydroxylation is 1. The highest BCUT2D eigenvalue weighted by molar-refractivity contribution is 6.23. The van der Waals surface area contributed by atoms with E-state index in [2.05, 4.69) is 24.3 Å². The molecule has 150 valence electrons. The topological polar surface area (TPSA) is 37.4 Å². The summed E-state index contributed by atoms with van der Waals surface area (Å²) in [7, 11) is 0. The zero-order valence-electron chi connectivity index (χ0n) is 17.1. The molecule has 3 aromatic rings. The lowest BCUT2D eigenvalue weighted by Gasteiger charge is -2.37. The molecule has 1 aliphatic carbocycles. The van der Waals surface area contributed by atoms with Crippen LogP contribution in [0.4, 0.5) is 5.69 Å². The average molecular weight is 396 g/mol. The summed E-state index contributed by atoms with van der Waals surface area (Å²) in [6, 6.07) is 28.2. The lowest BCUT2D eigenvalue weighted by atomic mass is 9.64. The van der Waals surface area contributed by atoms with E-state index in [0.717, 1.165) is 35.2 Å². The van der Waals surface area contributed by atoms with Gasteiger partial charge in [-0.1, -0.05) is 78.9 Å². The molecule has 3 aromatic carbocycles. The predicted octanol–water partition coefficient (Wildman–Crippen LogP) is 5.46. The van der Waals surface area contributed by atoms with E-state index in [9.17, 15) is 9.59 Å². The van der Waals surface area contributed by atoms with Gasteiger partial charge in [-0.05, 0) is 54.4 Å². The summed E-state index contributed by atoms with van der Waals surface area (Å²) in [6.07, 6.45) is 1.82. The molecule has 3 heteroatoms. The summed E-state index contributed by atoms with van der Waals surface area (Å²) in [4.78, 5) is 29.0. The second-order valence-electron chi connectivity index (χ2n) is 8.46. The third-order valence-corrected chi connectivity index (χ3v) is 6.87. The Labute approximate surface area is 177 Å². The quantitative estimate of drug-likeness (QED) is 0.552. The van der Waals surface area contributed by atoms with E-state index in [1.807, 2.05) is 67.6 Å². The van der Waals surface area contributed by atoms with Crippen LogP contribution >= 0.6 is 0 Å². The van der Waals surface area contributed by atoms with Crippen molar-refractivity contribution in [3.8, 4) is 0 Å². The number of fused-ring (bicyclic) bond motifs is 1. The summed E-state index contributed by atoms with van der Waals surface area (Å²) in [6.45, 7) is 1.96. The van der Waals surface area contributed by atoms with Gasteiger partial charge in [0.2, 0.25) is 11.8 Å². The Bertz CT molecular complexity index is 1010. The van der Waals surface area contributed by atoms with Gasteiger partial charge in [0.15, 0.2) is 0 Å². The number of hydrogen-bond donors (Lipinski definition) is 0. The lowest BCUT2D eigenvalue weighted by Crippen LogP contribution is -2.34. The van der Waals surface area contributed by atoms with Crippen molar-refractivity contribution in [1.82, 2.24) is 0 Å². The molecule has 4 atom stereocenters. The minimum Gasteiger partial charge on any atom is -0.274 e. The molecular weight excluding hydrogens is 370 g/mol. The molecule has 3 nitrogen and oxygen atoms in total. The number of carbonyl (C=O) groups is 2. The number of anilines is 1. The van der Waals surface area contributed by atoms with Gasteiger partial charge >= 0.3 is 0 Å². The molecule has 5 rings (SSSR count). The Kier molecular flexibility index (Phi) is 4.74. The van der Waals surface area contributed by atoms with E-state index in [0.29, 0.717) is 0 Å². The number of carbonyl (C=O) groups excluding carboxylic acids is 2. The molecule has 0 radical (unpaired) electrons. The number of hydrogen-bond acceptors (Lipinski definition) is 2. The van der Waals surface area contributed by atoms with Crippen LogP contribution in [-0.2, 0) is 9.59 Å². The van der Waals surface area contributed by atoms with Crippen LogP contribution in [0.5, 0.6) is 0 Å². The second kappa shape index (κ2) is 7.56. The fourth-order valence-electron chi connectivity index (χ4n) is 5.48. The van der Waals surface area contributed by atoms with E-state index in [-0.39, 0.29) is 35.5 Å². The van der Waals surface area contributed by atoms with Crippen LogP contribution in [0.25, 0.3) is 0 Å². The van der Waals surface area contributed by atoms with Crippen LogP contribution in [0.2, 0.25) is 0 Å². The van der Waals surface area contributed by atoms with Crippen LogP contribution in [0.1, 0.15) is 41.4 Å². The zero-order valence-corrected chi connectivity index (χ0v) is 17.1. The summed E-state index contributed by atoms with van der Waals surface area (Å²) < 4.78 is 0. The van der Waals surface area contributed by atoms with Gasteiger partial charge in [0.05, 0.1) is 17.5 Å². The molecule has 0 spiro atoms. The smallest absolute Gasteiger partial charge is 0.238 e. The van der Waals surface area contributed by atoms with Gasteiger partial charge in [0, 0.05) is 0 Å². The number of benzene rings is 3. The van der Waals surface area contributed by atoms with Crippen LogP contribution in [0.3, 0.4) is 0 Å². The van der Waals surface area contributed by atoms with E-state index in [1.165, 1.54) is 4.90 Å². The highest BCUT2D eigenvalue weighted by Gasteiger charge is 2.56. The molecule has 1 aliphatic heterocycles. The maximum atomic E-state index is 13.8. The molecule has 1 heterocycles. The van der Waals surface area contributed by atoms with Crippen molar-refractivity contribution in [1.29, 1.82) is 0 Å². The first kappa shape index (κ1) is 18.8. The maximum Gasteiger partial charge on any atom is 0.238 e. The first-order valence-corrected chi connectivity index (χ1v) is 10.7. The molecule has 0 bridgehead atoms. The van der Waals surface area contributed by atoms with Crippen LogP contribution < -0.4 is 4.90 Å². The Morgan fingerprint density at radius 2 is 1.07 bits per heavy atom. The highest BCUT2D eigenvalue weighted by atomic mass is 16.2. The van der Waals surface area contributed by atoms with E-state index >= 15 is 0 Å². The van der Waals surface area contributed by atoms with Gasteiger partial charge in [-0.2, -0.15) is 0 Å². The Morgan fingerprint density at radius 3 is 1.53 bits per heavy atom. The standard InChI is InChI=1S/C27H25NO2/c1-18-10-8-9-15-23(18)28-26(29)24-21(19-11-4-2-5-12-19)16-17-22(25(24)27(28)30)20-13-6-3-7-14-20/h2-15,21-22,24-25H,16-17H2,1H3. The van der Waals surface area contributed by atoms with Crippen LogP contribution in [0.15, 0.2) is 84.9 Å². The predicted molar refractivity (Wildman–Crippen MR) is 118 cm³/mol. The van der Waals surface area contributed by atoms with E-state index in [1.54, 1.807) is 0 Å². The minimum atomic E-state index is -0.321. The van der Waals surface area contributed by atoms with Crippen molar-refractivity contribution in [2.75, 3.05) is 4.90 Å². The summed E-state index contributed by atoms with van der Waals surface area (Å²) >= 11 is 0. The molecule has 0 N–H and O–H groups in total. The molecule has 30 heavy (non-hydrogen) atoms. The third kappa shape index (κ3) is 2.97. The number of nitrogens with zero attached hydrogens (tertiary/aromatic N) is 1.